The minimum Gasteiger partial charge on any atom is -0.334 e. The average Bonchev–Trinajstić information content (AvgIpc) is 3.32. The van der Waals surface area contributed by atoms with E-state index in [-0.39, 0.29) is 12.1 Å². The van der Waals surface area contributed by atoms with E-state index in [0.29, 0.717) is 18.7 Å². The molecule has 2 aromatic carbocycles. The van der Waals surface area contributed by atoms with Gasteiger partial charge in [-0.15, -0.1) is 5.10 Å². The van der Waals surface area contributed by atoms with Crippen LogP contribution in [0.15, 0.2) is 54.6 Å². The fourth-order valence-corrected chi connectivity index (χ4v) is 4.72. The molecule has 0 saturated heterocycles. The fraction of sp³-hybridized carbons (Fsp3) is 0.360. The minimum absolute atomic E-state index is 0.0317. The predicted octanol–water partition coefficient (Wildman–Crippen LogP) is 4.63. The summed E-state index contributed by atoms with van der Waals surface area (Å²) in [5.74, 6) is 0. The lowest BCUT2D eigenvalue weighted by molar-refractivity contribution is 0.151. The summed E-state index contributed by atoms with van der Waals surface area (Å²) in [6, 6.07) is 18.6. The first-order chi connectivity index (χ1) is 15.7. The van der Waals surface area contributed by atoms with Crippen LogP contribution in [0.1, 0.15) is 48.8 Å². The highest BCUT2D eigenvalue weighted by Gasteiger charge is 2.27. The Bertz CT molecular complexity index is 1230. The number of rotatable bonds is 5. The molecule has 5 rings (SSSR count). The zero-order valence-electron chi connectivity index (χ0n) is 18.4. The molecular weight excluding hydrogens is 400 g/mol. The Kier molecular flexibility index (Phi) is 5.71. The summed E-state index contributed by atoms with van der Waals surface area (Å²) in [7, 11) is 0. The van der Waals surface area contributed by atoms with Gasteiger partial charge in [0.25, 0.3) is 0 Å². The van der Waals surface area contributed by atoms with Gasteiger partial charge in [-0.1, -0.05) is 61.2 Å². The molecular formula is C25H28N6O. The van der Waals surface area contributed by atoms with Gasteiger partial charge in [-0.05, 0) is 54.0 Å². The van der Waals surface area contributed by atoms with E-state index in [9.17, 15) is 4.79 Å². The Labute approximate surface area is 187 Å². The van der Waals surface area contributed by atoms with Crippen molar-refractivity contribution in [2.45, 2.75) is 58.2 Å². The van der Waals surface area contributed by atoms with Gasteiger partial charge in [0.1, 0.15) is 0 Å². The van der Waals surface area contributed by atoms with Crippen LogP contribution in [0.2, 0.25) is 0 Å². The smallest absolute Gasteiger partial charge is 0.318 e. The van der Waals surface area contributed by atoms with E-state index in [1.807, 2.05) is 41.3 Å². The molecule has 2 amide bonds. The van der Waals surface area contributed by atoms with Crippen LogP contribution in [0.3, 0.4) is 0 Å². The number of pyridine rings is 1. The maximum absolute atomic E-state index is 13.4. The number of hydrogen-bond donors (Lipinski definition) is 1. The van der Waals surface area contributed by atoms with Crippen LogP contribution in [0.25, 0.3) is 16.6 Å². The highest BCUT2D eigenvalue weighted by molar-refractivity contribution is 5.84. The Morgan fingerprint density at radius 3 is 2.72 bits per heavy atom. The van der Waals surface area contributed by atoms with Gasteiger partial charge in [-0.3, -0.25) is 0 Å². The molecule has 4 aromatic rings. The number of nitrogens with one attached hydrogen (secondary N) is 1. The third-order valence-corrected chi connectivity index (χ3v) is 6.40. The van der Waals surface area contributed by atoms with Gasteiger partial charge < -0.3 is 10.2 Å². The van der Waals surface area contributed by atoms with Crippen LogP contribution in [0, 0.1) is 6.92 Å². The van der Waals surface area contributed by atoms with Gasteiger partial charge in [0.15, 0.2) is 5.65 Å². The van der Waals surface area contributed by atoms with Gasteiger partial charge in [0, 0.05) is 23.5 Å². The number of aryl methyl sites for hydroxylation is 1. The largest absolute Gasteiger partial charge is 0.334 e. The van der Waals surface area contributed by atoms with Crippen LogP contribution in [0.5, 0.6) is 0 Å². The molecule has 0 bridgehead atoms. The molecule has 0 atom stereocenters. The summed E-state index contributed by atoms with van der Waals surface area (Å²) in [5, 5.41) is 16.6. The lowest BCUT2D eigenvalue weighted by Crippen LogP contribution is -2.46. The van der Waals surface area contributed by atoms with Crippen LogP contribution in [0.4, 0.5) is 4.79 Å². The third-order valence-electron chi connectivity index (χ3n) is 6.40. The topological polar surface area (TPSA) is 75.4 Å². The lowest BCUT2D eigenvalue weighted by atomic mass is 9.94. The molecule has 2 heterocycles. The van der Waals surface area contributed by atoms with Crippen LogP contribution in [-0.2, 0) is 13.1 Å². The molecule has 1 N–H and O–H groups in total. The summed E-state index contributed by atoms with van der Waals surface area (Å²) in [6.45, 7) is 3.08. The van der Waals surface area contributed by atoms with Crippen molar-refractivity contribution in [2.24, 2.45) is 0 Å². The second-order valence-electron chi connectivity index (χ2n) is 8.71. The Morgan fingerprint density at radius 2 is 1.91 bits per heavy atom. The highest BCUT2D eigenvalue weighted by Crippen LogP contribution is 2.27. The minimum atomic E-state index is -0.0317. The molecule has 7 heteroatoms. The molecule has 7 nitrogen and oxygen atoms in total. The van der Waals surface area contributed by atoms with E-state index in [1.165, 1.54) is 12.0 Å². The Morgan fingerprint density at radius 1 is 1.09 bits per heavy atom. The zero-order chi connectivity index (χ0) is 21.9. The monoisotopic (exact) mass is 428 g/mol. The number of amides is 2. The lowest BCUT2D eigenvalue weighted by Gasteiger charge is -2.34. The summed E-state index contributed by atoms with van der Waals surface area (Å²) >= 11 is 0. The molecule has 0 unspecified atom stereocenters. The summed E-state index contributed by atoms with van der Waals surface area (Å²) in [6.07, 6.45) is 5.63. The van der Waals surface area contributed by atoms with E-state index in [1.54, 1.807) is 4.52 Å². The van der Waals surface area contributed by atoms with Crippen molar-refractivity contribution in [3.8, 4) is 0 Å². The first-order valence-electron chi connectivity index (χ1n) is 11.4. The van der Waals surface area contributed by atoms with E-state index in [2.05, 4.69) is 46.0 Å². The standard InChI is InChI=1S/C25H28N6O/c1-18-12-13-23-20(14-18)15-21(24-27-28-29-31(23)24)17-30(22-10-6-3-7-11-22)25(32)26-16-19-8-4-2-5-9-19/h2,4-5,8-9,12-15,22H,3,6-7,10-11,16-17H2,1H3,(H,26,32). The first-order valence-corrected chi connectivity index (χ1v) is 11.4. The molecule has 32 heavy (non-hydrogen) atoms. The SMILES string of the molecule is Cc1ccc2c(c1)cc(CN(C(=O)NCc1ccccc1)C1CCCCC1)c1nnnn12. The van der Waals surface area contributed by atoms with Crippen LogP contribution in [-0.4, -0.2) is 37.0 Å². The molecule has 0 aliphatic heterocycles. The molecule has 0 radical (unpaired) electrons. The van der Waals surface area contributed by atoms with E-state index >= 15 is 0 Å². The second-order valence-corrected chi connectivity index (χ2v) is 8.71. The number of urea groups is 1. The van der Waals surface area contributed by atoms with E-state index in [4.69, 9.17) is 0 Å². The number of aromatic nitrogens is 4. The maximum atomic E-state index is 13.4. The van der Waals surface area contributed by atoms with Crippen molar-refractivity contribution >= 4 is 22.6 Å². The van der Waals surface area contributed by atoms with Crippen molar-refractivity contribution < 1.29 is 4.79 Å². The fourth-order valence-electron chi connectivity index (χ4n) is 4.72. The van der Waals surface area contributed by atoms with E-state index in [0.717, 1.165) is 47.7 Å². The number of tetrazole rings is 1. The van der Waals surface area contributed by atoms with Crippen LogP contribution < -0.4 is 5.32 Å². The summed E-state index contributed by atoms with van der Waals surface area (Å²) in [5.41, 5.74) is 4.92. The van der Waals surface area contributed by atoms with Gasteiger partial charge in [-0.2, -0.15) is 4.52 Å². The number of carbonyl (C=O) groups excluding carboxylic acids is 1. The molecule has 1 fully saturated rings. The number of hydrogen-bond acceptors (Lipinski definition) is 4. The van der Waals surface area contributed by atoms with Gasteiger partial charge in [0.2, 0.25) is 0 Å². The van der Waals surface area contributed by atoms with Crippen molar-refractivity contribution in [3.05, 3.63) is 71.3 Å². The van der Waals surface area contributed by atoms with Gasteiger partial charge in [-0.25, -0.2) is 4.79 Å². The Hall–Kier alpha value is -3.48. The average molecular weight is 429 g/mol. The molecule has 1 saturated carbocycles. The number of nitrogens with zero attached hydrogens (tertiary/aromatic N) is 5. The predicted molar refractivity (Wildman–Crippen MR) is 124 cm³/mol. The van der Waals surface area contributed by atoms with E-state index < -0.39 is 0 Å². The zero-order valence-corrected chi connectivity index (χ0v) is 18.4. The first kappa shape index (κ1) is 20.4. The highest BCUT2D eigenvalue weighted by atomic mass is 16.2. The van der Waals surface area contributed by atoms with Gasteiger partial charge in [0.05, 0.1) is 12.1 Å². The molecule has 1 aliphatic carbocycles. The third kappa shape index (κ3) is 4.15. The number of benzene rings is 2. The van der Waals surface area contributed by atoms with Crippen molar-refractivity contribution in [1.82, 2.24) is 30.3 Å². The molecule has 0 spiro atoms. The Balaban J connectivity index is 1.47. The molecule has 164 valence electrons. The second kappa shape index (κ2) is 8.94. The van der Waals surface area contributed by atoms with Crippen molar-refractivity contribution in [1.29, 1.82) is 0 Å². The quantitative estimate of drug-likeness (QED) is 0.503. The molecule has 2 aromatic heterocycles. The number of carbonyl (C=O) groups is 1. The normalized spacial score (nSPS) is 14.7. The summed E-state index contributed by atoms with van der Waals surface area (Å²) in [4.78, 5) is 15.4. The summed E-state index contributed by atoms with van der Waals surface area (Å²) < 4.78 is 1.78. The molecule has 1 aliphatic rings. The number of fused-ring (bicyclic) bond motifs is 3. The van der Waals surface area contributed by atoms with Gasteiger partial charge >= 0.3 is 6.03 Å². The van der Waals surface area contributed by atoms with Crippen molar-refractivity contribution in [3.63, 3.8) is 0 Å². The van der Waals surface area contributed by atoms with Crippen molar-refractivity contribution in [2.75, 3.05) is 0 Å². The maximum Gasteiger partial charge on any atom is 0.318 e. The van der Waals surface area contributed by atoms with Crippen LogP contribution >= 0.6 is 0 Å².